The Morgan fingerprint density at radius 3 is 2.28 bits per heavy atom. The van der Waals surface area contributed by atoms with Crippen LogP contribution in [0.5, 0.6) is 0 Å². The van der Waals surface area contributed by atoms with Gasteiger partial charge in [-0.1, -0.05) is 30.3 Å². The number of aromatic nitrogens is 1. The SMILES string of the molecule is O=C(Cc1ccc(F)cc1)N1CCCC1c1cccc(Cc2ccc(F)cc2)n1. The quantitative estimate of drug-likeness (QED) is 0.621. The van der Waals surface area contributed by atoms with Crippen molar-refractivity contribution in [3.63, 3.8) is 0 Å². The Labute approximate surface area is 169 Å². The summed E-state index contributed by atoms with van der Waals surface area (Å²) in [4.78, 5) is 19.5. The smallest absolute Gasteiger partial charge is 0.227 e. The van der Waals surface area contributed by atoms with Gasteiger partial charge in [0.2, 0.25) is 5.91 Å². The number of carbonyl (C=O) groups is 1. The van der Waals surface area contributed by atoms with Gasteiger partial charge in [0.1, 0.15) is 11.6 Å². The van der Waals surface area contributed by atoms with Gasteiger partial charge in [0.25, 0.3) is 0 Å². The number of hydrogen-bond donors (Lipinski definition) is 0. The topological polar surface area (TPSA) is 33.2 Å². The largest absolute Gasteiger partial charge is 0.334 e. The van der Waals surface area contributed by atoms with Crippen molar-refractivity contribution in [2.75, 3.05) is 6.54 Å². The van der Waals surface area contributed by atoms with Gasteiger partial charge in [-0.05, 0) is 60.4 Å². The molecule has 2 heterocycles. The molecule has 2 aromatic carbocycles. The summed E-state index contributed by atoms with van der Waals surface area (Å²) in [6.07, 6.45) is 2.68. The molecule has 0 saturated carbocycles. The van der Waals surface area contributed by atoms with Gasteiger partial charge >= 0.3 is 0 Å². The summed E-state index contributed by atoms with van der Waals surface area (Å²) < 4.78 is 26.2. The van der Waals surface area contributed by atoms with Crippen molar-refractivity contribution in [3.05, 3.63) is 101 Å². The fraction of sp³-hybridized carbons (Fsp3) is 0.250. The van der Waals surface area contributed by atoms with E-state index in [1.165, 1.54) is 24.3 Å². The standard InChI is InChI=1S/C24H22F2N2O/c25-19-10-6-17(7-11-19)15-21-3-1-4-22(27-21)23-5-2-14-28(23)24(29)16-18-8-12-20(26)13-9-18/h1,3-4,6-13,23H,2,5,14-16H2. The maximum absolute atomic E-state index is 13.1. The molecule has 1 aromatic heterocycles. The Bertz CT molecular complexity index is 987. The number of rotatable bonds is 5. The van der Waals surface area contributed by atoms with E-state index in [9.17, 15) is 13.6 Å². The Morgan fingerprint density at radius 1 is 0.931 bits per heavy atom. The van der Waals surface area contributed by atoms with Crippen molar-refractivity contribution in [3.8, 4) is 0 Å². The van der Waals surface area contributed by atoms with Crippen molar-refractivity contribution >= 4 is 5.91 Å². The lowest BCUT2D eigenvalue weighted by Crippen LogP contribution is -2.32. The van der Waals surface area contributed by atoms with Crippen molar-refractivity contribution in [2.24, 2.45) is 0 Å². The molecule has 29 heavy (non-hydrogen) atoms. The predicted molar refractivity (Wildman–Crippen MR) is 107 cm³/mol. The van der Waals surface area contributed by atoms with Crippen LogP contribution in [-0.2, 0) is 17.6 Å². The van der Waals surface area contributed by atoms with Crippen molar-refractivity contribution in [1.29, 1.82) is 0 Å². The van der Waals surface area contributed by atoms with Gasteiger partial charge < -0.3 is 4.90 Å². The second-order valence-corrected chi connectivity index (χ2v) is 7.41. The van der Waals surface area contributed by atoms with Gasteiger partial charge in [0.05, 0.1) is 18.2 Å². The average molecular weight is 392 g/mol. The first-order valence-corrected chi connectivity index (χ1v) is 9.83. The molecular formula is C24H22F2N2O. The van der Waals surface area contributed by atoms with Crippen LogP contribution < -0.4 is 0 Å². The van der Waals surface area contributed by atoms with Crippen molar-refractivity contribution in [1.82, 2.24) is 9.88 Å². The zero-order valence-electron chi connectivity index (χ0n) is 16.0. The van der Waals surface area contributed by atoms with E-state index < -0.39 is 0 Å². The molecule has 3 aromatic rings. The molecule has 3 nitrogen and oxygen atoms in total. The highest BCUT2D eigenvalue weighted by Gasteiger charge is 2.30. The molecule has 1 amide bonds. The summed E-state index contributed by atoms with van der Waals surface area (Å²) in [5.41, 5.74) is 3.58. The lowest BCUT2D eigenvalue weighted by molar-refractivity contribution is -0.131. The number of likely N-dealkylation sites (tertiary alicyclic amines) is 1. The molecule has 148 valence electrons. The van der Waals surface area contributed by atoms with Crippen molar-refractivity contribution < 1.29 is 13.6 Å². The average Bonchev–Trinajstić information content (AvgIpc) is 3.22. The molecule has 0 radical (unpaired) electrons. The number of halogens is 2. The van der Waals surface area contributed by atoms with E-state index in [1.807, 2.05) is 23.1 Å². The van der Waals surface area contributed by atoms with E-state index in [1.54, 1.807) is 24.3 Å². The van der Waals surface area contributed by atoms with Crippen LogP contribution in [0.1, 0.15) is 41.4 Å². The highest BCUT2D eigenvalue weighted by molar-refractivity contribution is 5.79. The second-order valence-electron chi connectivity index (χ2n) is 7.41. The molecule has 4 rings (SSSR count). The Kier molecular flexibility index (Phi) is 5.65. The normalized spacial score (nSPS) is 16.2. The second kappa shape index (κ2) is 8.52. The number of carbonyl (C=O) groups excluding carboxylic acids is 1. The zero-order chi connectivity index (χ0) is 20.2. The van der Waals surface area contributed by atoms with Crippen LogP contribution in [0, 0.1) is 11.6 Å². The van der Waals surface area contributed by atoms with Gasteiger partial charge in [-0.15, -0.1) is 0 Å². The Morgan fingerprint density at radius 2 is 1.59 bits per heavy atom. The highest BCUT2D eigenvalue weighted by atomic mass is 19.1. The minimum absolute atomic E-state index is 0.0323. The van der Waals surface area contributed by atoms with Crippen LogP contribution in [0.4, 0.5) is 8.78 Å². The Balaban J connectivity index is 1.48. The molecule has 0 aliphatic carbocycles. The van der Waals surface area contributed by atoms with Crippen LogP contribution in [0.25, 0.3) is 0 Å². The van der Waals surface area contributed by atoms with Crippen LogP contribution in [0.3, 0.4) is 0 Å². The number of hydrogen-bond acceptors (Lipinski definition) is 2. The van der Waals surface area contributed by atoms with Gasteiger partial charge in [-0.25, -0.2) is 8.78 Å². The molecule has 5 heteroatoms. The molecule has 1 aliphatic rings. The fourth-order valence-corrected chi connectivity index (χ4v) is 3.84. The van der Waals surface area contributed by atoms with E-state index in [-0.39, 0.29) is 30.0 Å². The summed E-state index contributed by atoms with van der Waals surface area (Å²) >= 11 is 0. The molecule has 1 unspecified atom stereocenters. The monoisotopic (exact) mass is 392 g/mol. The molecule has 1 atom stereocenters. The van der Waals surface area contributed by atoms with Gasteiger partial charge in [-0.3, -0.25) is 9.78 Å². The third-order valence-electron chi connectivity index (χ3n) is 5.31. The molecule has 0 bridgehead atoms. The highest BCUT2D eigenvalue weighted by Crippen LogP contribution is 2.31. The number of benzene rings is 2. The number of pyridine rings is 1. The third kappa shape index (κ3) is 4.67. The van der Waals surface area contributed by atoms with Crippen LogP contribution in [0.15, 0.2) is 66.7 Å². The lowest BCUT2D eigenvalue weighted by atomic mass is 10.1. The maximum Gasteiger partial charge on any atom is 0.227 e. The minimum atomic E-state index is -0.303. The minimum Gasteiger partial charge on any atom is -0.334 e. The summed E-state index contributed by atoms with van der Waals surface area (Å²) in [6.45, 7) is 0.703. The summed E-state index contributed by atoms with van der Waals surface area (Å²) in [6, 6.07) is 18.3. The van der Waals surface area contributed by atoms with Crippen LogP contribution >= 0.6 is 0 Å². The van der Waals surface area contributed by atoms with E-state index >= 15 is 0 Å². The first kappa shape index (κ1) is 19.2. The van der Waals surface area contributed by atoms with Gasteiger partial charge in [-0.2, -0.15) is 0 Å². The molecule has 0 N–H and O–H groups in total. The van der Waals surface area contributed by atoms with Gasteiger partial charge in [0, 0.05) is 18.7 Å². The first-order valence-electron chi connectivity index (χ1n) is 9.83. The zero-order valence-corrected chi connectivity index (χ0v) is 16.0. The summed E-state index contributed by atoms with van der Waals surface area (Å²) in [7, 11) is 0. The third-order valence-corrected chi connectivity index (χ3v) is 5.31. The Hall–Kier alpha value is -3.08. The fourth-order valence-electron chi connectivity index (χ4n) is 3.84. The molecule has 1 saturated heterocycles. The molecule has 1 fully saturated rings. The van der Waals surface area contributed by atoms with Crippen LogP contribution in [0.2, 0.25) is 0 Å². The lowest BCUT2D eigenvalue weighted by Gasteiger charge is -2.25. The maximum atomic E-state index is 13.1. The number of amides is 1. The van der Waals surface area contributed by atoms with E-state index in [4.69, 9.17) is 4.98 Å². The summed E-state index contributed by atoms with van der Waals surface area (Å²) in [5, 5.41) is 0. The first-order chi connectivity index (χ1) is 14.1. The molecular weight excluding hydrogens is 370 g/mol. The van der Waals surface area contributed by atoms with Crippen LogP contribution in [-0.4, -0.2) is 22.3 Å². The van der Waals surface area contributed by atoms with E-state index in [2.05, 4.69) is 0 Å². The van der Waals surface area contributed by atoms with E-state index in [0.717, 1.165) is 35.4 Å². The molecule has 0 spiro atoms. The van der Waals surface area contributed by atoms with E-state index in [0.29, 0.717) is 13.0 Å². The number of nitrogens with zero attached hydrogens (tertiary/aromatic N) is 2. The predicted octanol–water partition coefficient (Wildman–Crippen LogP) is 4.86. The molecule has 1 aliphatic heterocycles. The van der Waals surface area contributed by atoms with Crippen molar-refractivity contribution in [2.45, 2.75) is 31.7 Å². The summed E-state index contributed by atoms with van der Waals surface area (Å²) in [5.74, 6) is -0.524. The van der Waals surface area contributed by atoms with Gasteiger partial charge in [0.15, 0.2) is 0 Å².